The monoisotopic (exact) mass is 451 g/mol. The summed E-state index contributed by atoms with van der Waals surface area (Å²) < 4.78 is 0. The lowest BCUT2D eigenvalue weighted by molar-refractivity contribution is -0.126. The maximum Gasteiger partial charge on any atom is 0.274 e. The van der Waals surface area contributed by atoms with Crippen LogP contribution in [-0.4, -0.2) is 49.2 Å². The average molecular weight is 452 g/mol. The largest absolute Gasteiger partial charge is 0.345 e. The number of amides is 2. The molecule has 0 saturated heterocycles. The molecule has 1 aliphatic heterocycles. The Hall–Kier alpha value is -3.59. The second kappa shape index (κ2) is 9.27. The number of carbonyl (C=O) groups is 2. The normalized spacial score (nSPS) is 16.7. The van der Waals surface area contributed by atoms with Gasteiger partial charge in [0.05, 0.1) is 12.6 Å². The zero-order valence-corrected chi connectivity index (χ0v) is 18.4. The van der Waals surface area contributed by atoms with E-state index in [1.165, 1.54) is 0 Å². The molecule has 3 aromatic rings. The van der Waals surface area contributed by atoms with Crippen LogP contribution in [0.3, 0.4) is 0 Å². The molecular formula is C22H22ClN7O2. The van der Waals surface area contributed by atoms with E-state index in [0.29, 0.717) is 34.1 Å². The molecule has 10 heteroatoms. The number of benzene rings is 2. The molecule has 2 unspecified atom stereocenters. The van der Waals surface area contributed by atoms with Gasteiger partial charge >= 0.3 is 0 Å². The van der Waals surface area contributed by atoms with E-state index >= 15 is 0 Å². The van der Waals surface area contributed by atoms with Crippen molar-refractivity contribution in [3.8, 4) is 0 Å². The molecule has 164 valence electrons. The lowest BCUT2D eigenvalue weighted by Crippen LogP contribution is -2.38. The summed E-state index contributed by atoms with van der Waals surface area (Å²) in [6.07, 6.45) is 0.400. The molecule has 1 aliphatic rings. The maximum atomic E-state index is 13.2. The van der Waals surface area contributed by atoms with Crippen LogP contribution in [0.25, 0.3) is 0 Å². The van der Waals surface area contributed by atoms with Gasteiger partial charge in [-0.05, 0) is 43.2 Å². The molecule has 2 heterocycles. The Kier molecular flexibility index (Phi) is 6.27. The fraction of sp³-hybridized carbons (Fsp3) is 0.273. The van der Waals surface area contributed by atoms with Crippen LogP contribution in [0.2, 0.25) is 5.02 Å². The molecule has 0 saturated carbocycles. The van der Waals surface area contributed by atoms with Gasteiger partial charge in [0.1, 0.15) is 11.9 Å². The Bertz CT molecular complexity index is 1150. The zero-order chi connectivity index (χ0) is 22.7. The molecule has 2 atom stereocenters. The fourth-order valence-corrected chi connectivity index (χ4v) is 3.99. The summed E-state index contributed by atoms with van der Waals surface area (Å²) in [5.41, 5.74) is 2.56. The Morgan fingerprint density at radius 2 is 2.03 bits per heavy atom. The van der Waals surface area contributed by atoms with E-state index in [0.717, 1.165) is 5.56 Å². The first-order valence-corrected chi connectivity index (χ1v) is 10.6. The number of hydrogen-bond donors (Lipinski definition) is 2. The Balaban J connectivity index is 1.49. The summed E-state index contributed by atoms with van der Waals surface area (Å²) in [6.45, 7) is 4.10. The predicted molar refractivity (Wildman–Crippen MR) is 119 cm³/mol. The van der Waals surface area contributed by atoms with Crippen LogP contribution in [0.1, 0.15) is 53.6 Å². The van der Waals surface area contributed by atoms with E-state index in [-0.39, 0.29) is 30.6 Å². The van der Waals surface area contributed by atoms with Crippen LogP contribution < -0.4 is 5.32 Å². The van der Waals surface area contributed by atoms with E-state index in [2.05, 4.69) is 30.9 Å². The molecule has 0 radical (unpaired) electrons. The van der Waals surface area contributed by atoms with Gasteiger partial charge in [0.15, 0.2) is 5.82 Å². The molecule has 4 rings (SSSR count). The minimum Gasteiger partial charge on any atom is -0.345 e. The average Bonchev–Trinajstić information content (AvgIpc) is 3.42. The van der Waals surface area contributed by atoms with Gasteiger partial charge in [-0.3, -0.25) is 14.6 Å². The first-order valence-electron chi connectivity index (χ1n) is 10.2. The van der Waals surface area contributed by atoms with Gasteiger partial charge in [0.25, 0.3) is 11.8 Å². The predicted octanol–water partition coefficient (Wildman–Crippen LogP) is 2.91. The third-order valence-electron chi connectivity index (χ3n) is 5.33. The van der Waals surface area contributed by atoms with Crippen molar-refractivity contribution in [3.63, 3.8) is 0 Å². The van der Waals surface area contributed by atoms with Gasteiger partial charge in [-0.25, -0.2) is 0 Å². The van der Waals surface area contributed by atoms with Gasteiger partial charge in [-0.2, -0.15) is 5.21 Å². The summed E-state index contributed by atoms with van der Waals surface area (Å²) in [4.78, 5) is 32.0. The van der Waals surface area contributed by atoms with Crippen molar-refractivity contribution in [2.24, 2.45) is 4.99 Å². The first kappa shape index (κ1) is 21.6. The second-order valence-corrected chi connectivity index (χ2v) is 7.83. The Labute approximate surface area is 189 Å². The van der Waals surface area contributed by atoms with Gasteiger partial charge in [-0.1, -0.05) is 48.0 Å². The number of nitrogens with one attached hydrogen (secondary N) is 2. The Morgan fingerprint density at radius 1 is 1.25 bits per heavy atom. The summed E-state index contributed by atoms with van der Waals surface area (Å²) in [5, 5.41) is 16.7. The number of H-pyrrole nitrogens is 1. The zero-order valence-electron chi connectivity index (χ0n) is 17.6. The fourth-order valence-electron chi connectivity index (χ4n) is 3.80. The van der Waals surface area contributed by atoms with Crippen LogP contribution >= 0.6 is 11.6 Å². The summed E-state index contributed by atoms with van der Waals surface area (Å²) in [7, 11) is 0. The number of carbonyl (C=O) groups excluding carboxylic acids is 2. The van der Waals surface area contributed by atoms with E-state index in [1.807, 2.05) is 32.0 Å². The summed E-state index contributed by atoms with van der Waals surface area (Å²) in [6, 6.07) is 14.2. The number of hydrogen-bond acceptors (Lipinski definition) is 6. The molecule has 0 spiro atoms. The maximum absolute atomic E-state index is 13.2. The van der Waals surface area contributed by atoms with Crippen molar-refractivity contribution in [3.05, 3.63) is 76.1 Å². The number of halogens is 1. The molecule has 2 amide bonds. The lowest BCUT2D eigenvalue weighted by Gasteiger charge is -2.30. The van der Waals surface area contributed by atoms with Crippen molar-refractivity contribution in [2.75, 3.05) is 0 Å². The Morgan fingerprint density at radius 3 is 2.69 bits per heavy atom. The van der Waals surface area contributed by atoms with Gasteiger partial charge in [-0.15, -0.1) is 10.2 Å². The first-order chi connectivity index (χ1) is 15.5. The highest BCUT2D eigenvalue weighted by atomic mass is 35.5. The SMILES string of the molecule is CCC(c1ccc(C(=O)NCc2nn[nH]n2)cc1)N1C(=O)C(c2cccc(Cl)c2)=NC1C. The molecule has 0 bridgehead atoms. The number of aromatic amines is 1. The number of aliphatic imine (C=N–C) groups is 1. The third kappa shape index (κ3) is 4.38. The molecule has 1 aromatic heterocycles. The quantitative estimate of drug-likeness (QED) is 0.572. The van der Waals surface area contributed by atoms with Crippen molar-refractivity contribution in [2.45, 2.75) is 39.0 Å². The molecule has 2 aromatic carbocycles. The molecule has 0 fully saturated rings. The number of rotatable bonds is 7. The van der Waals surface area contributed by atoms with E-state index in [1.54, 1.807) is 35.2 Å². The van der Waals surface area contributed by atoms with E-state index < -0.39 is 0 Å². The van der Waals surface area contributed by atoms with E-state index in [4.69, 9.17) is 11.6 Å². The minimum atomic E-state index is -0.306. The minimum absolute atomic E-state index is 0.131. The van der Waals surface area contributed by atoms with E-state index in [9.17, 15) is 9.59 Å². The molecule has 9 nitrogen and oxygen atoms in total. The second-order valence-electron chi connectivity index (χ2n) is 7.39. The molecule has 32 heavy (non-hydrogen) atoms. The van der Waals surface area contributed by atoms with Gasteiger partial charge in [0, 0.05) is 16.1 Å². The molecule has 2 N–H and O–H groups in total. The summed E-state index contributed by atoms with van der Waals surface area (Å²) >= 11 is 6.10. The molecular weight excluding hydrogens is 430 g/mol. The van der Waals surface area contributed by atoms with Crippen molar-refractivity contribution < 1.29 is 9.59 Å². The van der Waals surface area contributed by atoms with Gasteiger partial charge < -0.3 is 10.2 Å². The van der Waals surface area contributed by atoms with Crippen LogP contribution in [0.4, 0.5) is 0 Å². The number of tetrazole rings is 1. The van der Waals surface area contributed by atoms with Crippen molar-refractivity contribution in [1.82, 2.24) is 30.8 Å². The highest BCUT2D eigenvalue weighted by molar-refractivity contribution is 6.47. The lowest BCUT2D eigenvalue weighted by atomic mass is 10.00. The smallest absolute Gasteiger partial charge is 0.274 e. The highest BCUT2D eigenvalue weighted by Crippen LogP contribution is 2.31. The van der Waals surface area contributed by atoms with Crippen LogP contribution in [0.5, 0.6) is 0 Å². The topological polar surface area (TPSA) is 116 Å². The molecule has 0 aliphatic carbocycles. The van der Waals surface area contributed by atoms with Crippen LogP contribution in [-0.2, 0) is 11.3 Å². The van der Waals surface area contributed by atoms with Crippen molar-refractivity contribution >= 4 is 29.1 Å². The number of nitrogens with zero attached hydrogens (tertiary/aromatic N) is 5. The third-order valence-corrected chi connectivity index (χ3v) is 5.57. The number of aromatic nitrogens is 4. The van der Waals surface area contributed by atoms with Gasteiger partial charge in [0.2, 0.25) is 0 Å². The highest BCUT2D eigenvalue weighted by Gasteiger charge is 2.37. The van der Waals surface area contributed by atoms with Crippen LogP contribution in [0.15, 0.2) is 53.5 Å². The van der Waals surface area contributed by atoms with Crippen LogP contribution in [0, 0.1) is 0 Å². The van der Waals surface area contributed by atoms with Crippen molar-refractivity contribution in [1.29, 1.82) is 0 Å². The summed E-state index contributed by atoms with van der Waals surface area (Å²) in [5.74, 6) is 0.0261. The standard InChI is InChI=1S/C22H22ClN7O2/c1-3-18(30-13(2)25-20(22(30)32)16-5-4-6-17(23)11-16)14-7-9-15(10-8-14)21(31)24-12-19-26-28-29-27-19/h4-11,13,18H,3,12H2,1-2H3,(H,24,31)(H,26,27,28,29).